The number of hydrogen-bond donors (Lipinski definition) is 1. The van der Waals surface area contributed by atoms with Crippen LogP contribution in [0.3, 0.4) is 0 Å². The average Bonchev–Trinajstić information content (AvgIpc) is 2.47. The summed E-state index contributed by atoms with van der Waals surface area (Å²) in [7, 11) is 0. The van der Waals surface area contributed by atoms with Gasteiger partial charge in [0.1, 0.15) is 11.5 Å². The van der Waals surface area contributed by atoms with Crippen LogP contribution in [-0.2, 0) is 0 Å². The number of piperidine rings is 1. The summed E-state index contributed by atoms with van der Waals surface area (Å²) in [6, 6.07) is 9.88. The molecule has 20 heavy (non-hydrogen) atoms. The number of pyridine rings is 1. The number of rotatable bonds is 1. The van der Waals surface area contributed by atoms with E-state index in [0.29, 0.717) is 11.5 Å². The first-order valence-corrected chi connectivity index (χ1v) is 7.13. The molecular formula is C16H19N3O. The van der Waals surface area contributed by atoms with Crippen LogP contribution in [0.1, 0.15) is 36.7 Å². The van der Waals surface area contributed by atoms with Crippen LogP contribution in [0.25, 0.3) is 10.8 Å². The van der Waals surface area contributed by atoms with Gasteiger partial charge in [0.05, 0.1) is 0 Å². The lowest BCUT2D eigenvalue weighted by Crippen LogP contribution is -2.42. The first-order valence-electron chi connectivity index (χ1n) is 7.13. The van der Waals surface area contributed by atoms with Gasteiger partial charge in [-0.2, -0.15) is 0 Å². The van der Waals surface area contributed by atoms with Gasteiger partial charge in [0.2, 0.25) is 0 Å². The minimum Gasteiger partial charge on any atom is -0.383 e. The molecule has 1 aliphatic rings. The summed E-state index contributed by atoms with van der Waals surface area (Å²) < 4.78 is 0. The van der Waals surface area contributed by atoms with Gasteiger partial charge < -0.3 is 10.6 Å². The average molecular weight is 269 g/mol. The second-order valence-electron chi connectivity index (χ2n) is 5.46. The van der Waals surface area contributed by atoms with Gasteiger partial charge in [-0.3, -0.25) is 4.79 Å². The molecule has 4 heteroatoms. The highest BCUT2D eigenvalue weighted by molar-refractivity contribution is 6.00. The molecule has 1 atom stereocenters. The van der Waals surface area contributed by atoms with Crippen LogP contribution in [0.2, 0.25) is 0 Å². The van der Waals surface area contributed by atoms with Gasteiger partial charge in [0.15, 0.2) is 0 Å². The number of likely N-dealkylation sites (tertiary alicyclic amines) is 1. The predicted octanol–water partition coefficient (Wildman–Crippen LogP) is 2.83. The van der Waals surface area contributed by atoms with Gasteiger partial charge in [-0.1, -0.05) is 24.3 Å². The molecule has 0 radical (unpaired) electrons. The number of nitrogens with two attached hydrogens (primary N) is 1. The monoisotopic (exact) mass is 269 g/mol. The lowest BCUT2D eigenvalue weighted by molar-refractivity contribution is 0.0630. The molecule has 4 nitrogen and oxygen atoms in total. The molecule has 104 valence electrons. The minimum absolute atomic E-state index is 0.00495. The number of hydrogen-bond acceptors (Lipinski definition) is 3. The predicted molar refractivity (Wildman–Crippen MR) is 80.5 cm³/mol. The van der Waals surface area contributed by atoms with Crippen molar-refractivity contribution in [1.82, 2.24) is 9.88 Å². The van der Waals surface area contributed by atoms with Crippen molar-refractivity contribution in [1.29, 1.82) is 0 Å². The van der Waals surface area contributed by atoms with Crippen molar-refractivity contribution >= 4 is 22.5 Å². The standard InChI is InChI=1S/C16H19N3O/c1-11-6-4-5-9-19(11)16(20)14-10-12-7-2-3-8-13(12)15(17)18-14/h2-3,7-8,10-11H,4-6,9H2,1H3,(H2,17,18). The first-order chi connectivity index (χ1) is 9.66. The topological polar surface area (TPSA) is 59.2 Å². The Hall–Kier alpha value is -2.10. The Morgan fingerprint density at radius 3 is 2.95 bits per heavy atom. The number of benzene rings is 1. The summed E-state index contributed by atoms with van der Waals surface area (Å²) in [6.07, 6.45) is 3.33. The summed E-state index contributed by atoms with van der Waals surface area (Å²) >= 11 is 0. The molecule has 2 aromatic rings. The maximum Gasteiger partial charge on any atom is 0.272 e. The molecule has 0 spiro atoms. The van der Waals surface area contributed by atoms with Gasteiger partial charge >= 0.3 is 0 Å². The molecule has 1 aromatic carbocycles. The highest BCUT2D eigenvalue weighted by atomic mass is 16.2. The number of nitrogens with zero attached hydrogens (tertiary/aromatic N) is 2. The number of aromatic nitrogens is 1. The van der Waals surface area contributed by atoms with E-state index >= 15 is 0 Å². The van der Waals surface area contributed by atoms with Crippen LogP contribution in [0, 0.1) is 0 Å². The van der Waals surface area contributed by atoms with E-state index in [4.69, 9.17) is 5.73 Å². The van der Waals surface area contributed by atoms with E-state index in [2.05, 4.69) is 11.9 Å². The Kier molecular flexibility index (Phi) is 3.30. The van der Waals surface area contributed by atoms with E-state index in [1.807, 2.05) is 35.2 Å². The molecule has 1 aromatic heterocycles. The lowest BCUT2D eigenvalue weighted by Gasteiger charge is -2.33. The number of fused-ring (bicyclic) bond motifs is 1. The minimum atomic E-state index is -0.00495. The van der Waals surface area contributed by atoms with Gasteiger partial charge in [-0.15, -0.1) is 0 Å². The van der Waals surface area contributed by atoms with Crippen LogP contribution >= 0.6 is 0 Å². The zero-order valence-electron chi connectivity index (χ0n) is 11.7. The zero-order chi connectivity index (χ0) is 14.1. The Morgan fingerprint density at radius 2 is 2.15 bits per heavy atom. The van der Waals surface area contributed by atoms with Crippen LogP contribution in [0.15, 0.2) is 30.3 Å². The normalized spacial score (nSPS) is 19.2. The molecule has 3 rings (SSSR count). The molecule has 0 saturated carbocycles. The number of carbonyl (C=O) groups is 1. The van der Waals surface area contributed by atoms with Crippen molar-refractivity contribution < 1.29 is 4.79 Å². The van der Waals surface area contributed by atoms with Crippen LogP contribution in [0.4, 0.5) is 5.82 Å². The first kappa shape index (κ1) is 12.9. The fourth-order valence-electron chi connectivity index (χ4n) is 2.88. The molecular weight excluding hydrogens is 250 g/mol. The Labute approximate surface area is 118 Å². The third kappa shape index (κ3) is 2.22. The third-order valence-electron chi connectivity index (χ3n) is 4.05. The highest BCUT2D eigenvalue weighted by Gasteiger charge is 2.25. The molecule has 0 bridgehead atoms. The molecule has 1 aliphatic heterocycles. The molecule has 1 amide bonds. The maximum absolute atomic E-state index is 12.6. The number of nitrogen functional groups attached to an aromatic ring is 1. The van der Waals surface area contributed by atoms with Crippen LogP contribution in [-0.4, -0.2) is 28.4 Å². The van der Waals surface area contributed by atoms with Crippen molar-refractivity contribution in [2.45, 2.75) is 32.2 Å². The molecule has 1 fully saturated rings. The van der Waals surface area contributed by atoms with E-state index < -0.39 is 0 Å². The summed E-state index contributed by atoms with van der Waals surface area (Å²) in [6.45, 7) is 2.91. The quantitative estimate of drug-likeness (QED) is 0.866. The Bertz CT molecular complexity index is 653. The fraction of sp³-hybridized carbons (Fsp3) is 0.375. The van der Waals surface area contributed by atoms with Crippen LogP contribution < -0.4 is 5.73 Å². The van der Waals surface area contributed by atoms with E-state index in [9.17, 15) is 4.79 Å². The zero-order valence-corrected chi connectivity index (χ0v) is 11.7. The van der Waals surface area contributed by atoms with E-state index in [0.717, 1.165) is 30.2 Å². The van der Waals surface area contributed by atoms with E-state index in [1.165, 1.54) is 6.42 Å². The summed E-state index contributed by atoms with van der Waals surface area (Å²) in [5.74, 6) is 0.422. The number of carbonyl (C=O) groups excluding carboxylic acids is 1. The molecule has 0 aliphatic carbocycles. The van der Waals surface area contributed by atoms with Crippen molar-refractivity contribution in [2.75, 3.05) is 12.3 Å². The summed E-state index contributed by atoms with van der Waals surface area (Å²) in [4.78, 5) is 18.8. The van der Waals surface area contributed by atoms with Gasteiger partial charge in [0, 0.05) is 18.0 Å². The third-order valence-corrected chi connectivity index (χ3v) is 4.05. The van der Waals surface area contributed by atoms with Crippen molar-refractivity contribution in [3.63, 3.8) is 0 Å². The summed E-state index contributed by atoms with van der Waals surface area (Å²) in [5.41, 5.74) is 6.43. The van der Waals surface area contributed by atoms with Gasteiger partial charge in [-0.05, 0) is 37.6 Å². The largest absolute Gasteiger partial charge is 0.383 e. The highest BCUT2D eigenvalue weighted by Crippen LogP contribution is 2.23. The van der Waals surface area contributed by atoms with E-state index in [1.54, 1.807) is 0 Å². The van der Waals surface area contributed by atoms with E-state index in [-0.39, 0.29) is 11.9 Å². The van der Waals surface area contributed by atoms with Crippen LogP contribution in [0.5, 0.6) is 0 Å². The summed E-state index contributed by atoms with van der Waals surface area (Å²) in [5, 5.41) is 1.86. The number of amides is 1. The van der Waals surface area contributed by atoms with Crippen molar-refractivity contribution in [2.24, 2.45) is 0 Å². The van der Waals surface area contributed by atoms with Gasteiger partial charge in [0.25, 0.3) is 5.91 Å². The van der Waals surface area contributed by atoms with Crippen molar-refractivity contribution in [3.8, 4) is 0 Å². The molecule has 1 saturated heterocycles. The van der Waals surface area contributed by atoms with Crippen molar-refractivity contribution in [3.05, 3.63) is 36.0 Å². The second kappa shape index (κ2) is 5.12. The lowest BCUT2D eigenvalue weighted by atomic mass is 10.0. The molecule has 2 N–H and O–H groups in total. The molecule has 2 heterocycles. The number of anilines is 1. The fourth-order valence-corrected chi connectivity index (χ4v) is 2.88. The van der Waals surface area contributed by atoms with Gasteiger partial charge in [-0.25, -0.2) is 4.98 Å². The Balaban J connectivity index is 1.99. The second-order valence-corrected chi connectivity index (χ2v) is 5.46. The molecule has 1 unspecified atom stereocenters. The Morgan fingerprint density at radius 1 is 1.35 bits per heavy atom. The maximum atomic E-state index is 12.6. The SMILES string of the molecule is CC1CCCCN1C(=O)c1cc2ccccc2c(N)n1. The smallest absolute Gasteiger partial charge is 0.272 e.